The van der Waals surface area contributed by atoms with E-state index in [1.807, 2.05) is 0 Å². The van der Waals surface area contributed by atoms with E-state index in [2.05, 4.69) is 0 Å². The van der Waals surface area contributed by atoms with E-state index in [0.29, 0.717) is 0 Å². The van der Waals surface area contributed by atoms with Gasteiger partial charge in [0.1, 0.15) is 0 Å². The van der Waals surface area contributed by atoms with E-state index in [0.717, 1.165) is 0 Å². The minimum absolute atomic E-state index is 0.129. The van der Waals surface area contributed by atoms with Gasteiger partial charge in [-0.3, -0.25) is 4.79 Å². The first-order chi connectivity index (χ1) is 6.54. The second-order valence-electron chi connectivity index (χ2n) is 4.78. The third kappa shape index (κ3) is 6.43. The summed E-state index contributed by atoms with van der Waals surface area (Å²) >= 11 is 0. The number of carboxylic acids is 1. The van der Waals surface area contributed by atoms with Gasteiger partial charge in [0.05, 0.1) is 23.7 Å². The Balaban J connectivity index is 4.09. The Morgan fingerprint density at radius 1 is 1.27 bits per heavy atom. The van der Waals surface area contributed by atoms with Crippen LogP contribution in [0, 0.1) is 0 Å². The second-order valence-corrected chi connectivity index (χ2v) is 4.78. The van der Waals surface area contributed by atoms with E-state index >= 15 is 0 Å². The molecule has 2 atom stereocenters. The van der Waals surface area contributed by atoms with E-state index in [9.17, 15) is 20.1 Å². The zero-order chi connectivity index (χ0) is 12.3. The van der Waals surface area contributed by atoms with E-state index in [-0.39, 0.29) is 19.3 Å². The normalized spacial score (nSPS) is 18.3. The number of hydrogen-bond acceptors (Lipinski definition) is 4. The maximum absolute atomic E-state index is 10.4. The molecule has 2 unspecified atom stereocenters. The molecule has 5 heteroatoms. The van der Waals surface area contributed by atoms with Crippen LogP contribution in [0.5, 0.6) is 0 Å². The van der Waals surface area contributed by atoms with Crippen LogP contribution in [0.4, 0.5) is 0 Å². The maximum Gasteiger partial charge on any atom is 0.306 e. The number of carboxylic acid groups (broad SMARTS) is 1. The van der Waals surface area contributed by atoms with Gasteiger partial charge >= 0.3 is 5.97 Å². The summed E-state index contributed by atoms with van der Waals surface area (Å²) in [5.41, 5.74) is -2.59. The van der Waals surface area contributed by atoms with Crippen molar-refractivity contribution in [3.05, 3.63) is 0 Å². The van der Waals surface area contributed by atoms with Crippen molar-refractivity contribution >= 4 is 5.97 Å². The molecular formula is C10H20O5. The Bertz CT molecular complexity index is 216. The predicted molar refractivity (Wildman–Crippen MR) is 54.4 cm³/mol. The zero-order valence-electron chi connectivity index (χ0n) is 9.40. The summed E-state index contributed by atoms with van der Waals surface area (Å²) in [5.74, 6) is -1.09. The zero-order valence-corrected chi connectivity index (χ0v) is 9.40. The molecule has 0 spiro atoms. The van der Waals surface area contributed by atoms with Crippen LogP contribution < -0.4 is 0 Å². The van der Waals surface area contributed by atoms with Crippen LogP contribution in [-0.2, 0) is 4.79 Å². The molecule has 0 aliphatic carbocycles. The van der Waals surface area contributed by atoms with Crippen LogP contribution in [0.15, 0.2) is 0 Å². The largest absolute Gasteiger partial charge is 0.481 e. The van der Waals surface area contributed by atoms with Crippen molar-refractivity contribution in [1.82, 2.24) is 0 Å². The van der Waals surface area contributed by atoms with E-state index in [1.54, 1.807) is 0 Å². The van der Waals surface area contributed by atoms with Gasteiger partial charge in [-0.2, -0.15) is 0 Å². The molecule has 0 aliphatic heterocycles. The summed E-state index contributed by atoms with van der Waals surface area (Å²) in [7, 11) is 0. The highest BCUT2D eigenvalue weighted by Crippen LogP contribution is 2.21. The maximum atomic E-state index is 10.4. The molecule has 0 fully saturated rings. The minimum atomic E-state index is -1.35. The van der Waals surface area contributed by atoms with Gasteiger partial charge in [0, 0.05) is 0 Å². The minimum Gasteiger partial charge on any atom is -0.481 e. The van der Waals surface area contributed by atoms with Gasteiger partial charge in [-0.25, -0.2) is 0 Å². The Morgan fingerprint density at radius 2 is 1.73 bits per heavy atom. The van der Waals surface area contributed by atoms with Crippen molar-refractivity contribution in [2.75, 3.05) is 0 Å². The number of carbonyl (C=O) groups is 1. The first kappa shape index (κ1) is 14.3. The molecule has 0 bridgehead atoms. The quantitative estimate of drug-likeness (QED) is 0.510. The first-order valence-electron chi connectivity index (χ1n) is 4.89. The summed E-state index contributed by atoms with van der Waals surface area (Å²) < 4.78 is 0. The molecule has 0 heterocycles. The Hall–Kier alpha value is -0.650. The Kier molecular flexibility index (Phi) is 4.70. The lowest BCUT2D eigenvalue weighted by molar-refractivity contribution is -0.142. The number of aliphatic hydroxyl groups is 3. The van der Waals surface area contributed by atoms with Crippen molar-refractivity contribution < 1.29 is 25.2 Å². The lowest BCUT2D eigenvalue weighted by Gasteiger charge is -2.28. The molecule has 0 aromatic carbocycles. The molecule has 15 heavy (non-hydrogen) atoms. The van der Waals surface area contributed by atoms with Gasteiger partial charge in [0.25, 0.3) is 0 Å². The van der Waals surface area contributed by atoms with Crippen LogP contribution >= 0.6 is 0 Å². The number of hydrogen-bond donors (Lipinski definition) is 4. The third-order valence-electron chi connectivity index (χ3n) is 2.30. The third-order valence-corrected chi connectivity index (χ3v) is 2.30. The molecule has 90 valence electrons. The first-order valence-corrected chi connectivity index (χ1v) is 4.89. The van der Waals surface area contributed by atoms with Crippen LogP contribution in [0.2, 0.25) is 0 Å². The standard InChI is InChI=1S/C10H20O5/c1-9(2,14)7(11)4-5-10(3,15)6-8(12)13/h7,11,14-15H,4-6H2,1-3H3,(H,12,13). The summed E-state index contributed by atoms with van der Waals surface area (Å²) in [6.45, 7) is 4.32. The van der Waals surface area contributed by atoms with Crippen molar-refractivity contribution in [3.63, 3.8) is 0 Å². The fourth-order valence-electron chi connectivity index (χ4n) is 1.22. The molecule has 0 radical (unpaired) electrons. The number of rotatable bonds is 6. The summed E-state index contributed by atoms with van der Waals surface area (Å²) in [6.07, 6.45) is -1.06. The SMILES string of the molecule is CC(O)(CCC(O)C(C)(C)O)CC(=O)O. The number of aliphatic hydroxyl groups excluding tert-OH is 1. The van der Waals surface area contributed by atoms with Crippen LogP contribution in [0.1, 0.15) is 40.0 Å². The highest BCUT2D eigenvalue weighted by Gasteiger charge is 2.29. The molecule has 0 amide bonds. The lowest BCUT2D eigenvalue weighted by atomic mass is 9.90. The molecule has 0 saturated carbocycles. The van der Waals surface area contributed by atoms with Crippen LogP contribution in [0.25, 0.3) is 0 Å². The predicted octanol–water partition coefficient (Wildman–Crippen LogP) is 0.124. The molecule has 5 nitrogen and oxygen atoms in total. The number of aliphatic carboxylic acids is 1. The van der Waals surface area contributed by atoms with E-state index in [4.69, 9.17) is 5.11 Å². The van der Waals surface area contributed by atoms with E-state index in [1.165, 1.54) is 20.8 Å². The van der Waals surface area contributed by atoms with Gasteiger partial charge in [-0.05, 0) is 33.6 Å². The van der Waals surface area contributed by atoms with Crippen molar-refractivity contribution in [1.29, 1.82) is 0 Å². The van der Waals surface area contributed by atoms with Crippen molar-refractivity contribution in [2.24, 2.45) is 0 Å². The van der Waals surface area contributed by atoms with Crippen molar-refractivity contribution in [2.45, 2.75) is 57.3 Å². The summed E-state index contributed by atoms with van der Waals surface area (Å²) in [6, 6.07) is 0. The summed E-state index contributed by atoms with van der Waals surface area (Å²) in [5, 5.41) is 37.0. The molecule has 0 rings (SSSR count). The van der Waals surface area contributed by atoms with Gasteiger partial charge in [-0.1, -0.05) is 0 Å². The fraction of sp³-hybridized carbons (Fsp3) is 0.900. The molecule has 0 aromatic rings. The Morgan fingerprint density at radius 3 is 2.07 bits per heavy atom. The average molecular weight is 220 g/mol. The second kappa shape index (κ2) is 4.92. The monoisotopic (exact) mass is 220 g/mol. The molecule has 0 aromatic heterocycles. The van der Waals surface area contributed by atoms with Crippen LogP contribution in [-0.4, -0.2) is 43.7 Å². The highest BCUT2D eigenvalue weighted by molar-refractivity contribution is 5.67. The molecular weight excluding hydrogens is 200 g/mol. The van der Waals surface area contributed by atoms with Gasteiger partial charge < -0.3 is 20.4 Å². The van der Waals surface area contributed by atoms with Gasteiger partial charge in [-0.15, -0.1) is 0 Å². The Labute approximate surface area is 89.4 Å². The fourth-order valence-corrected chi connectivity index (χ4v) is 1.22. The lowest BCUT2D eigenvalue weighted by Crippen LogP contribution is -2.38. The van der Waals surface area contributed by atoms with Gasteiger partial charge in [0.2, 0.25) is 0 Å². The summed E-state index contributed by atoms with van der Waals surface area (Å²) in [4.78, 5) is 10.4. The smallest absolute Gasteiger partial charge is 0.306 e. The topological polar surface area (TPSA) is 98.0 Å². The van der Waals surface area contributed by atoms with Crippen molar-refractivity contribution in [3.8, 4) is 0 Å². The molecule has 4 N–H and O–H groups in total. The average Bonchev–Trinajstić information content (AvgIpc) is 1.95. The van der Waals surface area contributed by atoms with Crippen LogP contribution in [0.3, 0.4) is 0 Å². The van der Waals surface area contributed by atoms with E-state index < -0.39 is 23.3 Å². The molecule has 0 aliphatic rings. The molecule has 0 saturated heterocycles. The van der Waals surface area contributed by atoms with Gasteiger partial charge in [0.15, 0.2) is 0 Å². The highest BCUT2D eigenvalue weighted by atomic mass is 16.4.